The van der Waals surface area contributed by atoms with Crippen molar-refractivity contribution < 1.29 is 4.79 Å². The number of para-hydroxylation sites is 2. The minimum atomic E-state index is -0.105. The molecule has 114 valence electrons. The number of aromatic amines is 1. The zero-order valence-corrected chi connectivity index (χ0v) is 12.6. The number of fused-ring (bicyclic) bond motifs is 1. The summed E-state index contributed by atoms with van der Waals surface area (Å²) in [5.74, 6) is 0. The number of aromatic nitrogens is 2. The number of H-pyrrole nitrogens is 1. The molecule has 0 spiro atoms. The summed E-state index contributed by atoms with van der Waals surface area (Å²) in [7, 11) is 0. The molecule has 2 N–H and O–H groups in total. The number of amides is 2. The highest BCUT2D eigenvalue weighted by Crippen LogP contribution is 2.08. The number of benzene rings is 1. The Balaban J connectivity index is 1.90. The Bertz CT molecular complexity index is 655. The molecule has 0 aliphatic carbocycles. The van der Waals surface area contributed by atoms with E-state index in [0.29, 0.717) is 26.2 Å². The van der Waals surface area contributed by atoms with Crippen LogP contribution in [0.3, 0.4) is 0 Å². The predicted octanol–water partition coefficient (Wildman–Crippen LogP) is 1.77. The van der Waals surface area contributed by atoms with Crippen molar-refractivity contribution in [2.45, 2.75) is 26.8 Å². The molecule has 2 amide bonds. The van der Waals surface area contributed by atoms with E-state index >= 15 is 0 Å². The van der Waals surface area contributed by atoms with Gasteiger partial charge in [0.2, 0.25) is 0 Å². The Morgan fingerprint density at radius 1 is 1.29 bits per heavy atom. The van der Waals surface area contributed by atoms with E-state index in [4.69, 9.17) is 0 Å². The summed E-state index contributed by atoms with van der Waals surface area (Å²) in [6.45, 7) is 6.44. The maximum atomic E-state index is 11.9. The monoisotopic (exact) mass is 290 g/mol. The van der Waals surface area contributed by atoms with Crippen LogP contribution in [0.15, 0.2) is 29.1 Å². The molecule has 0 saturated heterocycles. The Labute approximate surface area is 123 Å². The minimum Gasteiger partial charge on any atom is -0.338 e. The zero-order valence-electron chi connectivity index (χ0n) is 12.6. The van der Waals surface area contributed by atoms with E-state index < -0.39 is 0 Å². The molecule has 0 fully saturated rings. The first kappa shape index (κ1) is 15.2. The van der Waals surface area contributed by atoms with Gasteiger partial charge in [0.1, 0.15) is 0 Å². The van der Waals surface area contributed by atoms with Crippen LogP contribution in [-0.4, -0.2) is 40.1 Å². The van der Waals surface area contributed by atoms with Gasteiger partial charge in [0.15, 0.2) is 0 Å². The molecule has 0 unspecified atom stereocenters. The normalized spacial score (nSPS) is 10.8. The predicted molar refractivity (Wildman–Crippen MR) is 83.5 cm³/mol. The van der Waals surface area contributed by atoms with Gasteiger partial charge in [0, 0.05) is 26.2 Å². The van der Waals surface area contributed by atoms with Gasteiger partial charge in [-0.05, 0) is 32.4 Å². The van der Waals surface area contributed by atoms with Crippen molar-refractivity contribution in [3.05, 3.63) is 34.7 Å². The number of aryl methyl sites for hydroxylation is 1. The molecule has 6 heteroatoms. The summed E-state index contributed by atoms with van der Waals surface area (Å²) in [5, 5.41) is 2.88. The fourth-order valence-electron chi connectivity index (χ4n) is 2.38. The van der Waals surface area contributed by atoms with E-state index in [-0.39, 0.29) is 11.7 Å². The molecule has 2 rings (SSSR count). The van der Waals surface area contributed by atoms with Crippen LogP contribution in [0.1, 0.15) is 20.3 Å². The maximum Gasteiger partial charge on any atom is 0.326 e. The standard InChI is InChI=1S/C15H22N4O2/c1-3-18(4-2)14(20)16-10-7-11-19-13-9-6-5-8-12(13)17-15(19)21/h5-6,8-9H,3-4,7,10-11H2,1-2H3,(H,16,20)(H,17,21). The SMILES string of the molecule is CCN(CC)C(=O)NCCCn1c(=O)[nH]c2ccccc21. The van der Waals surface area contributed by atoms with Crippen LogP contribution >= 0.6 is 0 Å². The van der Waals surface area contributed by atoms with Gasteiger partial charge >= 0.3 is 11.7 Å². The molecule has 0 saturated carbocycles. The van der Waals surface area contributed by atoms with E-state index in [2.05, 4.69) is 10.3 Å². The van der Waals surface area contributed by atoms with Gasteiger partial charge in [-0.2, -0.15) is 0 Å². The van der Waals surface area contributed by atoms with Crippen LogP contribution < -0.4 is 11.0 Å². The van der Waals surface area contributed by atoms with E-state index in [1.807, 2.05) is 38.1 Å². The maximum absolute atomic E-state index is 11.9. The molecule has 0 aliphatic heterocycles. The van der Waals surface area contributed by atoms with Crippen LogP contribution in [0.4, 0.5) is 4.79 Å². The van der Waals surface area contributed by atoms with Gasteiger partial charge in [-0.15, -0.1) is 0 Å². The number of imidazole rings is 1. The number of hydrogen-bond acceptors (Lipinski definition) is 2. The molecule has 21 heavy (non-hydrogen) atoms. The summed E-state index contributed by atoms with van der Waals surface area (Å²) < 4.78 is 1.71. The van der Waals surface area contributed by atoms with Gasteiger partial charge in [-0.3, -0.25) is 4.57 Å². The average molecular weight is 290 g/mol. The molecule has 1 heterocycles. The number of carbonyl (C=O) groups excluding carboxylic acids is 1. The van der Waals surface area contributed by atoms with Gasteiger partial charge in [0.05, 0.1) is 11.0 Å². The van der Waals surface area contributed by atoms with Crippen molar-refractivity contribution in [3.8, 4) is 0 Å². The molecular weight excluding hydrogens is 268 g/mol. The van der Waals surface area contributed by atoms with Crippen molar-refractivity contribution in [2.24, 2.45) is 0 Å². The molecule has 1 aromatic heterocycles. The topological polar surface area (TPSA) is 70.1 Å². The van der Waals surface area contributed by atoms with Crippen LogP contribution in [0.2, 0.25) is 0 Å². The molecule has 0 bridgehead atoms. The summed E-state index contributed by atoms with van der Waals surface area (Å²) in [4.78, 5) is 28.2. The van der Waals surface area contributed by atoms with Crippen LogP contribution in [0.25, 0.3) is 11.0 Å². The molecular formula is C15H22N4O2. The summed E-state index contributed by atoms with van der Waals surface area (Å²) in [5.41, 5.74) is 1.64. The Morgan fingerprint density at radius 2 is 2.00 bits per heavy atom. The lowest BCUT2D eigenvalue weighted by atomic mass is 10.3. The summed E-state index contributed by atoms with van der Waals surface area (Å²) >= 11 is 0. The van der Waals surface area contributed by atoms with Crippen LogP contribution in [0, 0.1) is 0 Å². The van der Waals surface area contributed by atoms with Crippen LogP contribution in [0.5, 0.6) is 0 Å². The third kappa shape index (κ3) is 3.45. The largest absolute Gasteiger partial charge is 0.338 e. The van der Waals surface area contributed by atoms with E-state index in [0.717, 1.165) is 17.5 Å². The number of nitrogens with zero attached hydrogens (tertiary/aromatic N) is 2. The first-order valence-electron chi connectivity index (χ1n) is 7.37. The lowest BCUT2D eigenvalue weighted by Crippen LogP contribution is -2.40. The average Bonchev–Trinajstić information content (AvgIpc) is 2.80. The second-order valence-electron chi connectivity index (χ2n) is 4.86. The van der Waals surface area contributed by atoms with Crippen molar-refractivity contribution in [2.75, 3.05) is 19.6 Å². The fourth-order valence-corrected chi connectivity index (χ4v) is 2.38. The van der Waals surface area contributed by atoms with Crippen molar-refractivity contribution in [1.29, 1.82) is 0 Å². The molecule has 0 radical (unpaired) electrons. The number of urea groups is 1. The van der Waals surface area contributed by atoms with Crippen molar-refractivity contribution in [3.63, 3.8) is 0 Å². The quantitative estimate of drug-likeness (QED) is 0.796. The van der Waals surface area contributed by atoms with Crippen molar-refractivity contribution in [1.82, 2.24) is 19.8 Å². The van der Waals surface area contributed by atoms with Gasteiger partial charge < -0.3 is 15.2 Å². The molecule has 6 nitrogen and oxygen atoms in total. The third-order valence-electron chi connectivity index (χ3n) is 3.57. The zero-order chi connectivity index (χ0) is 15.2. The van der Waals surface area contributed by atoms with E-state index in [9.17, 15) is 9.59 Å². The molecule has 0 aliphatic rings. The van der Waals surface area contributed by atoms with Gasteiger partial charge in [0.25, 0.3) is 0 Å². The van der Waals surface area contributed by atoms with E-state index in [1.165, 1.54) is 0 Å². The fraction of sp³-hybridized carbons (Fsp3) is 0.467. The number of nitrogens with one attached hydrogen (secondary N) is 2. The number of carbonyl (C=O) groups is 1. The number of rotatable bonds is 6. The van der Waals surface area contributed by atoms with Crippen molar-refractivity contribution >= 4 is 17.1 Å². The second kappa shape index (κ2) is 6.97. The first-order chi connectivity index (χ1) is 10.2. The Kier molecular flexibility index (Phi) is 5.03. The molecule has 2 aromatic rings. The highest BCUT2D eigenvalue weighted by Gasteiger charge is 2.08. The smallest absolute Gasteiger partial charge is 0.326 e. The first-order valence-corrected chi connectivity index (χ1v) is 7.37. The minimum absolute atomic E-state index is 0.0497. The Morgan fingerprint density at radius 3 is 2.71 bits per heavy atom. The number of hydrogen-bond donors (Lipinski definition) is 2. The molecule has 1 aromatic carbocycles. The lowest BCUT2D eigenvalue weighted by Gasteiger charge is -2.19. The highest BCUT2D eigenvalue weighted by molar-refractivity contribution is 5.75. The summed E-state index contributed by atoms with van der Waals surface area (Å²) in [6.07, 6.45) is 0.717. The third-order valence-corrected chi connectivity index (χ3v) is 3.57. The summed E-state index contributed by atoms with van der Waals surface area (Å²) in [6, 6.07) is 7.56. The highest BCUT2D eigenvalue weighted by atomic mass is 16.2. The van der Waals surface area contributed by atoms with Crippen LogP contribution in [-0.2, 0) is 6.54 Å². The van der Waals surface area contributed by atoms with Gasteiger partial charge in [-0.1, -0.05) is 12.1 Å². The lowest BCUT2D eigenvalue weighted by molar-refractivity contribution is 0.203. The Hall–Kier alpha value is -2.24. The second-order valence-corrected chi connectivity index (χ2v) is 4.86. The molecule has 0 atom stereocenters. The van der Waals surface area contributed by atoms with Gasteiger partial charge in [-0.25, -0.2) is 9.59 Å². The van der Waals surface area contributed by atoms with E-state index in [1.54, 1.807) is 9.47 Å².